The van der Waals surface area contributed by atoms with Gasteiger partial charge >= 0.3 is 0 Å². The molecule has 1 atom stereocenters. The molecule has 1 amide bonds. The van der Waals surface area contributed by atoms with Crippen molar-refractivity contribution in [2.75, 3.05) is 18.7 Å². The summed E-state index contributed by atoms with van der Waals surface area (Å²) in [6, 6.07) is 5.28. The predicted molar refractivity (Wildman–Crippen MR) is 111 cm³/mol. The Morgan fingerprint density at radius 2 is 2.00 bits per heavy atom. The Hall–Kier alpha value is -3.00. The Morgan fingerprint density at radius 3 is 2.72 bits per heavy atom. The number of fused-ring (bicyclic) bond motifs is 2. The minimum Gasteiger partial charge on any atom is -0.454 e. The second-order valence-electron chi connectivity index (χ2n) is 7.12. The van der Waals surface area contributed by atoms with Crippen molar-refractivity contribution in [3.63, 3.8) is 0 Å². The van der Waals surface area contributed by atoms with Crippen LogP contribution >= 0.6 is 11.6 Å². The fourth-order valence-electron chi connectivity index (χ4n) is 3.36. The molecule has 0 saturated carbocycles. The number of nitrogens with zero attached hydrogens (tertiary/aromatic N) is 2. The van der Waals surface area contributed by atoms with E-state index < -0.39 is 0 Å². The highest BCUT2D eigenvalue weighted by Gasteiger charge is 2.25. The zero-order chi connectivity index (χ0) is 20.5. The number of hydrogen-bond acceptors (Lipinski definition) is 6. The maximum absolute atomic E-state index is 12.2. The van der Waals surface area contributed by atoms with E-state index >= 15 is 0 Å². The van der Waals surface area contributed by atoms with Gasteiger partial charge in [-0.05, 0) is 30.5 Å². The normalized spacial score (nSPS) is 13.7. The summed E-state index contributed by atoms with van der Waals surface area (Å²) in [6.07, 6.45) is 1.46. The van der Waals surface area contributed by atoms with E-state index in [-0.39, 0.29) is 24.7 Å². The highest BCUT2D eigenvalue weighted by molar-refractivity contribution is 6.31. The summed E-state index contributed by atoms with van der Waals surface area (Å²) < 4.78 is 10.9. The summed E-state index contributed by atoms with van der Waals surface area (Å²) in [6.45, 7) is 6.79. The van der Waals surface area contributed by atoms with E-state index in [4.69, 9.17) is 21.1 Å². The molecule has 0 saturated heterocycles. The van der Waals surface area contributed by atoms with Gasteiger partial charge in [-0.1, -0.05) is 25.4 Å². The van der Waals surface area contributed by atoms with Gasteiger partial charge in [0.25, 0.3) is 5.91 Å². The average molecular weight is 416 g/mol. The largest absolute Gasteiger partial charge is 0.454 e. The Bertz CT molecular complexity index is 1070. The van der Waals surface area contributed by atoms with Crippen LogP contribution in [-0.4, -0.2) is 34.2 Å². The van der Waals surface area contributed by atoms with Crippen molar-refractivity contribution in [3.05, 3.63) is 40.8 Å². The Kier molecular flexibility index (Phi) is 5.19. The van der Waals surface area contributed by atoms with Crippen molar-refractivity contribution in [1.82, 2.24) is 20.3 Å². The summed E-state index contributed by atoms with van der Waals surface area (Å²) in [7, 11) is 0. The molecule has 1 aliphatic heterocycles. The lowest BCUT2D eigenvalue weighted by atomic mass is 9.95. The van der Waals surface area contributed by atoms with Crippen LogP contribution < -0.4 is 20.1 Å². The minimum absolute atomic E-state index is 0.141. The standard InChI is InChI=1S/C20H22ClN5O3/c1-4-22-20(27)14-5-12-18(25-14)23-8-24-19(12)26-17(10(2)3)11-6-15-16(7-13(11)21)29-9-28-15/h5-8,10,17H,4,9H2,1-3H3,(H,22,27)(H2,23,24,25,26)/t17-/m1/s1. The van der Waals surface area contributed by atoms with E-state index in [1.165, 1.54) is 6.33 Å². The van der Waals surface area contributed by atoms with Crippen molar-refractivity contribution in [1.29, 1.82) is 0 Å². The number of nitrogens with one attached hydrogen (secondary N) is 3. The molecular formula is C20H22ClN5O3. The molecule has 29 heavy (non-hydrogen) atoms. The first-order chi connectivity index (χ1) is 14.0. The van der Waals surface area contributed by atoms with Crippen LogP contribution in [0.15, 0.2) is 24.5 Å². The molecular weight excluding hydrogens is 394 g/mol. The van der Waals surface area contributed by atoms with Gasteiger partial charge in [-0.25, -0.2) is 9.97 Å². The first kappa shape index (κ1) is 19.3. The van der Waals surface area contributed by atoms with Gasteiger partial charge in [0.2, 0.25) is 6.79 Å². The third kappa shape index (κ3) is 3.67. The van der Waals surface area contributed by atoms with Crippen LogP contribution in [-0.2, 0) is 0 Å². The zero-order valence-electron chi connectivity index (χ0n) is 16.4. The maximum Gasteiger partial charge on any atom is 0.267 e. The minimum atomic E-state index is -0.185. The van der Waals surface area contributed by atoms with Crippen molar-refractivity contribution in [2.45, 2.75) is 26.8 Å². The van der Waals surface area contributed by atoms with Crippen molar-refractivity contribution < 1.29 is 14.3 Å². The molecule has 1 aromatic carbocycles. The molecule has 0 spiro atoms. The number of rotatable bonds is 6. The molecule has 0 bridgehead atoms. The van der Waals surface area contributed by atoms with Crippen LogP contribution in [0.25, 0.3) is 11.0 Å². The lowest BCUT2D eigenvalue weighted by Crippen LogP contribution is -2.22. The number of ether oxygens (including phenoxy) is 2. The van der Waals surface area contributed by atoms with Gasteiger partial charge in [-0.2, -0.15) is 0 Å². The van der Waals surface area contributed by atoms with Crippen molar-refractivity contribution in [2.24, 2.45) is 5.92 Å². The summed E-state index contributed by atoms with van der Waals surface area (Å²) in [4.78, 5) is 23.9. The lowest BCUT2D eigenvalue weighted by molar-refractivity contribution is 0.0951. The molecule has 0 unspecified atom stereocenters. The summed E-state index contributed by atoms with van der Waals surface area (Å²) in [5.41, 5.74) is 1.91. The molecule has 2 aromatic heterocycles. The molecule has 3 aromatic rings. The molecule has 0 radical (unpaired) electrons. The number of carbonyl (C=O) groups is 1. The van der Waals surface area contributed by atoms with Crippen LogP contribution in [0.2, 0.25) is 5.02 Å². The summed E-state index contributed by atoms with van der Waals surface area (Å²) in [5.74, 6) is 1.94. The molecule has 4 rings (SSSR count). The van der Waals surface area contributed by atoms with E-state index in [9.17, 15) is 4.79 Å². The highest BCUT2D eigenvalue weighted by atomic mass is 35.5. The highest BCUT2D eigenvalue weighted by Crippen LogP contribution is 2.41. The van der Waals surface area contributed by atoms with Crippen LogP contribution in [0, 0.1) is 5.92 Å². The fourth-order valence-corrected chi connectivity index (χ4v) is 3.63. The maximum atomic E-state index is 12.2. The van der Waals surface area contributed by atoms with Crippen LogP contribution in [0.3, 0.4) is 0 Å². The number of carbonyl (C=O) groups excluding carboxylic acids is 1. The molecule has 8 nitrogen and oxygen atoms in total. The van der Waals surface area contributed by atoms with Gasteiger partial charge in [-0.15, -0.1) is 0 Å². The molecule has 0 aliphatic carbocycles. The quantitative estimate of drug-likeness (QED) is 0.564. The average Bonchev–Trinajstić information content (AvgIpc) is 3.32. The van der Waals surface area contributed by atoms with E-state index in [2.05, 4.69) is 39.4 Å². The van der Waals surface area contributed by atoms with E-state index in [0.717, 1.165) is 10.9 Å². The summed E-state index contributed by atoms with van der Waals surface area (Å²) >= 11 is 6.54. The second-order valence-corrected chi connectivity index (χ2v) is 7.53. The van der Waals surface area contributed by atoms with Crippen LogP contribution in [0.4, 0.5) is 5.82 Å². The van der Waals surface area contributed by atoms with E-state index in [0.29, 0.717) is 40.2 Å². The van der Waals surface area contributed by atoms with Gasteiger partial charge in [0.15, 0.2) is 11.5 Å². The number of benzene rings is 1. The smallest absolute Gasteiger partial charge is 0.267 e. The van der Waals surface area contributed by atoms with Crippen LogP contribution in [0.1, 0.15) is 42.9 Å². The first-order valence-corrected chi connectivity index (χ1v) is 9.83. The Labute approximate surface area is 173 Å². The molecule has 3 heterocycles. The number of anilines is 1. The van der Waals surface area contributed by atoms with E-state index in [1.54, 1.807) is 12.1 Å². The van der Waals surface area contributed by atoms with Crippen molar-refractivity contribution >= 4 is 34.4 Å². The molecule has 3 N–H and O–H groups in total. The third-order valence-corrected chi connectivity index (χ3v) is 5.12. The van der Waals surface area contributed by atoms with Gasteiger partial charge in [0.05, 0.1) is 11.4 Å². The number of H-pyrrole nitrogens is 1. The number of hydrogen-bond donors (Lipinski definition) is 3. The number of halogens is 1. The zero-order valence-corrected chi connectivity index (χ0v) is 17.1. The van der Waals surface area contributed by atoms with Gasteiger partial charge < -0.3 is 25.1 Å². The van der Waals surface area contributed by atoms with Crippen LogP contribution in [0.5, 0.6) is 11.5 Å². The lowest BCUT2D eigenvalue weighted by Gasteiger charge is -2.25. The number of aromatic amines is 1. The van der Waals surface area contributed by atoms with Gasteiger partial charge in [0.1, 0.15) is 23.5 Å². The first-order valence-electron chi connectivity index (χ1n) is 9.45. The molecule has 152 valence electrons. The third-order valence-electron chi connectivity index (χ3n) is 4.79. The number of aromatic nitrogens is 3. The molecule has 0 fully saturated rings. The van der Waals surface area contributed by atoms with E-state index in [1.807, 2.05) is 13.0 Å². The van der Waals surface area contributed by atoms with Gasteiger partial charge in [-0.3, -0.25) is 4.79 Å². The Balaban J connectivity index is 1.71. The van der Waals surface area contributed by atoms with Crippen molar-refractivity contribution in [3.8, 4) is 11.5 Å². The fraction of sp³-hybridized carbons (Fsp3) is 0.350. The topological polar surface area (TPSA) is 101 Å². The monoisotopic (exact) mass is 415 g/mol. The number of amides is 1. The second kappa shape index (κ2) is 7.79. The SMILES string of the molecule is CCNC(=O)c1cc2c(N[C@@H](c3cc4c(cc3Cl)OCO4)C(C)C)ncnc2[nH]1. The predicted octanol–water partition coefficient (Wildman–Crippen LogP) is 3.90. The Morgan fingerprint density at radius 1 is 1.24 bits per heavy atom. The summed E-state index contributed by atoms with van der Waals surface area (Å²) in [5, 5.41) is 7.57. The molecule has 9 heteroatoms. The molecule has 1 aliphatic rings. The van der Waals surface area contributed by atoms with Gasteiger partial charge in [0, 0.05) is 17.6 Å².